The molecule has 0 saturated heterocycles. The van der Waals surface area contributed by atoms with Gasteiger partial charge in [-0.1, -0.05) is 0 Å². The number of aromatic nitrogens is 1. The van der Waals surface area contributed by atoms with Crippen LogP contribution in [0.25, 0.3) is 11.3 Å². The molecule has 3 aromatic heterocycles. The summed E-state index contributed by atoms with van der Waals surface area (Å²) < 4.78 is 5.47. The Balaban J connectivity index is 1.73. The second-order valence-corrected chi connectivity index (χ2v) is 6.24. The second kappa shape index (κ2) is 6.38. The predicted molar refractivity (Wildman–Crippen MR) is 91.6 cm³/mol. The molecule has 0 spiro atoms. The van der Waals surface area contributed by atoms with Gasteiger partial charge in [0.05, 0.1) is 17.0 Å². The van der Waals surface area contributed by atoms with Crippen molar-refractivity contribution < 1.29 is 9.21 Å². The van der Waals surface area contributed by atoms with Crippen molar-refractivity contribution >= 4 is 17.2 Å². The van der Waals surface area contributed by atoms with Crippen LogP contribution in [0, 0.1) is 20.8 Å². The highest BCUT2D eigenvalue weighted by atomic mass is 32.1. The van der Waals surface area contributed by atoms with Crippen LogP contribution in [-0.4, -0.2) is 10.9 Å². The summed E-state index contributed by atoms with van der Waals surface area (Å²) in [6.07, 6.45) is 0. The van der Waals surface area contributed by atoms with Gasteiger partial charge in [-0.2, -0.15) is 11.3 Å². The summed E-state index contributed by atoms with van der Waals surface area (Å²) in [5.74, 6) is 1.57. The van der Waals surface area contributed by atoms with Crippen LogP contribution in [0.1, 0.15) is 33.1 Å². The fraction of sp³-hybridized carbons (Fsp3) is 0.222. The van der Waals surface area contributed by atoms with Crippen molar-refractivity contribution in [3.63, 3.8) is 0 Å². The average molecular weight is 326 g/mol. The Hall–Kier alpha value is -2.40. The molecule has 3 aromatic rings. The minimum Gasteiger partial charge on any atom is -0.466 e. The molecule has 0 bridgehead atoms. The first-order chi connectivity index (χ1) is 11.0. The second-order valence-electron chi connectivity index (χ2n) is 5.46. The Morgan fingerprint density at radius 2 is 2.09 bits per heavy atom. The number of nitrogens with zero attached hydrogens (tertiary/aromatic N) is 1. The van der Waals surface area contributed by atoms with Crippen molar-refractivity contribution in [1.29, 1.82) is 0 Å². The van der Waals surface area contributed by atoms with E-state index in [0.29, 0.717) is 12.1 Å². The van der Waals surface area contributed by atoms with Crippen LogP contribution in [0.3, 0.4) is 0 Å². The van der Waals surface area contributed by atoms with Crippen LogP contribution in [-0.2, 0) is 6.54 Å². The number of furan rings is 1. The van der Waals surface area contributed by atoms with E-state index in [0.717, 1.165) is 34.0 Å². The van der Waals surface area contributed by atoms with Gasteiger partial charge in [0.2, 0.25) is 0 Å². The lowest BCUT2D eigenvalue weighted by atomic mass is 10.1. The summed E-state index contributed by atoms with van der Waals surface area (Å²) in [5, 5.41) is 6.99. The largest absolute Gasteiger partial charge is 0.466 e. The molecule has 4 nitrogen and oxygen atoms in total. The maximum Gasteiger partial charge on any atom is 0.253 e. The first-order valence-corrected chi connectivity index (χ1v) is 8.33. The van der Waals surface area contributed by atoms with E-state index in [1.807, 2.05) is 55.8 Å². The van der Waals surface area contributed by atoms with E-state index in [-0.39, 0.29) is 5.91 Å². The zero-order valence-electron chi connectivity index (χ0n) is 13.3. The van der Waals surface area contributed by atoms with Crippen molar-refractivity contribution in [3.05, 3.63) is 63.4 Å². The van der Waals surface area contributed by atoms with Crippen molar-refractivity contribution in [2.45, 2.75) is 27.3 Å². The van der Waals surface area contributed by atoms with E-state index >= 15 is 0 Å². The van der Waals surface area contributed by atoms with Crippen LogP contribution >= 0.6 is 11.3 Å². The van der Waals surface area contributed by atoms with Gasteiger partial charge in [-0.3, -0.25) is 9.78 Å². The topological polar surface area (TPSA) is 55.1 Å². The van der Waals surface area contributed by atoms with E-state index in [1.54, 1.807) is 11.3 Å². The number of rotatable bonds is 4. The number of aryl methyl sites for hydroxylation is 3. The molecule has 3 rings (SSSR count). The Morgan fingerprint density at radius 1 is 1.26 bits per heavy atom. The summed E-state index contributed by atoms with van der Waals surface area (Å²) in [7, 11) is 0. The van der Waals surface area contributed by atoms with Gasteiger partial charge in [-0.25, -0.2) is 0 Å². The van der Waals surface area contributed by atoms with Gasteiger partial charge < -0.3 is 9.73 Å². The van der Waals surface area contributed by atoms with Crippen LogP contribution in [0.4, 0.5) is 0 Å². The molecule has 0 aliphatic rings. The number of nitrogens with one attached hydrogen (secondary N) is 1. The molecule has 23 heavy (non-hydrogen) atoms. The molecule has 1 amide bonds. The minimum absolute atomic E-state index is 0.120. The third-order valence-electron chi connectivity index (χ3n) is 3.73. The highest BCUT2D eigenvalue weighted by Gasteiger charge is 2.13. The maximum absolute atomic E-state index is 12.4. The van der Waals surface area contributed by atoms with Gasteiger partial charge in [0, 0.05) is 23.1 Å². The molecule has 0 aliphatic heterocycles. The fourth-order valence-corrected chi connectivity index (χ4v) is 3.15. The normalized spacial score (nSPS) is 10.7. The molecule has 0 radical (unpaired) electrons. The molecular weight excluding hydrogens is 308 g/mol. The lowest BCUT2D eigenvalue weighted by Gasteiger charge is -2.08. The number of carbonyl (C=O) groups is 1. The fourth-order valence-electron chi connectivity index (χ4n) is 2.50. The lowest BCUT2D eigenvalue weighted by Crippen LogP contribution is -2.24. The monoisotopic (exact) mass is 326 g/mol. The number of amides is 1. The average Bonchev–Trinajstić information content (AvgIpc) is 3.14. The molecular formula is C18H18N2O2S. The van der Waals surface area contributed by atoms with Crippen molar-refractivity contribution in [1.82, 2.24) is 10.3 Å². The molecule has 0 aliphatic carbocycles. The number of hydrogen-bond acceptors (Lipinski definition) is 4. The molecule has 118 valence electrons. The van der Waals surface area contributed by atoms with Gasteiger partial charge in [-0.15, -0.1) is 0 Å². The van der Waals surface area contributed by atoms with E-state index < -0.39 is 0 Å². The van der Waals surface area contributed by atoms with E-state index in [2.05, 4.69) is 10.3 Å². The first kappa shape index (κ1) is 15.5. The first-order valence-electron chi connectivity index (χ1n) is 7.39. The summed E-state index contributed by atoms with van der Waals surface area (Å²) in [6, 6.07) is 7.69. The summed E-state index contributed by atoms with van der Waals surface area (Å²) in [4.78, 5) is 16.9. The summed E-state index contributed by atoms with van der Waals surface area (Å²) >= 11 is 1.63. The van der Waals surface area contributed by atoms with Gasteiger partial charge in [-0.05, 0) is 50.4 Å². The molecule has 0 unspecified atom stereocenters. The molecule has 0 fully saturated rings. The highest BCUT2D eigenvalue weighted by molar-refractivity contribution is 7.08. The predicted octanol–water partition coefficient (Wildman–Crippen LogP) is 4.26. The Labute approximate surface area is 139 Å². The standard InChI is InChI=1S/C18H18N2O2S/c1-11-8-15(13(3)22-11)9-19-18(21)16-4-5-17(20-12(16)2)14-6-7-23-10-14/h4-8,10H,9H2,1-3H3,(H,19,21). The van der Waals surface area contributed by atoms with E-state index in [1.165, 1.54) is 0 Å². The maximum atomic E-state index is 12.4. The lowest BCUT2D eigenvalue weighted by molar-refractivity contribution is 0.0950. The molecule has 5 heteroatoms. The van der Waals surface area contributed by atoms with Crippen LogP contribution in [0.2, 0.25) is 0 Å². The quantitative estimate of drug-likeness (QED) is 0.779. The van der Waals surface area contributed by atoms with Gasteiger partial charge in [0.1, 0.15) is 11.5 Å². The summed E-state index contributed by atoms with van der Waals surface area (Å²) in [6.45, 7) is 6.11. The molecule has 0 aromatic carbocycles. The summed E-state index contributed by atoms with van der Waals surface area (Å²) in [5.41, 5.74) is 4.29. The van der Waals surface area contributed by atoms with Crippen molar-refractivity contribution in [3.8, 4) is 11.3 Å². The SMILES string of the molecule is Cc1cc(CNC(=O)c2ccc(-c3ccsc3)nc2C)c(C)o1. The van der Waals surface area contributed by atoms with Gasteiger partial charge in [0.25, 0.3) is 5.91 Å². The van der Waals surface area contributed by atoms with Gasteiger partial charge >= 0.3 is 0 Å². The number of hydrogen-bond donors (Lipinski definition) is 1. The zero-order valence-corrected chi connectivity index (χ0v) is 14.2. The van der Waals surface area contributed by atoms with E-state index in [4.69, 9.17) is 4.42 Å². The van der Waals surface area contributed by atoms with Crippen LogP contribution < -0.4 is 5.32 Å². The Bertz CT molecular complexity index is 835. The third-order valence-corrected chi connectivity index (χ3v) is 4.41. The van der Waals surface area contributed by atoms with Crippen molar-refractivity contribution in [2.24, 2.45) is 0 Å². The number of carbonyl (C=O) groups excluding carboxylic acids is 1. The molecule has 0 saturated carbocycles. The third kappa shape index (κ3) is 3.35. The smallest absolute Gasteiger partial charge is 0.253 e. The molecule has 3 heterocycles. The molecule has 0 atom stereocenters. The minimum atomic E-state index is -0.120. The van der Waals surface area contributed by atoms with Crippen LogP contribution in [0.5, 0.6) is 0 Å². The Kier molecular flexibility index (Phi) is 4.30. The van der Waals surface area contributed by atoms with Gasteiger partial charge in [0.15, 0.2) is 0 Å². The molecule has 1 N–H and O–H groups in total. The van der Waals surface area contributed by atoms with Crippen LogP contribution in [0.15, 0.2) is 39.4 Å². The zero-order chi connectivity index (χ0) is 16.4. The number of pyridine rings is 1. The Morgan fingerprint density at radius 3 is 2.70 bits per heavy atom. The number of thiophene rings is 1. The van der Waals surface area contributed by atoms with E-state index in [9.17, 15) is 4.79 Å². The highest BCUT2D eigenvalue weighted by Crippen LogP contribution is 2.21. The van der Waals surface area contributed by atoms with Crippen molar-refractivity contribution in [2.75, 3.05) is 0 Å².